The van der Waals surface area contributed by atoms with Gasteiger partial charge in [0.05, 0.1) is 16.9 Å². The summed E-state index contributed by atoms with van der Waals surface area (Å²) in [6.45, 7) is 19.0. The molecule has 3 aliphatic heterocycles. The summed E-state index contributed by atoms with van der Waals surface area (Å²) >= 11 is 0. The van der Waals surface area contributed by atoms with E-state index in [4.69, 9.17) is 35.3 Å². The van der Waals surface area contributed by atoms with Gasteiger partial charge in [0.25, 0.3) is 0 Å². The second-order valence-electron chi connectivity index (χ2n) is 15.2. The number of amides is 1. The summed E-state index contributed by atoms with van der Waals surface area (Å²) in [5.41, 5.74) is 6.66. The molecule has 13 heteroatoms. The van der Waals surface area contributed by atoms with Crippen molar-refractivity contribution in [3.05, 3.63) is 17.4 Å². The van der Waals surface area contributed by atoms with Crippen molar-refractivity contribution >= 4 is 41.0 Å². The molecule has 4 N–H and O–H groups in total. The smallest absolute Gasteiger partial charge is 0.471 e. The van der Waals surface area contributed by atoms with Crippen molar-refractivity contribution in [2.75, 3.05) is 37.4 Å². The predicted octanol–water partition coefficient (Wildman–Crippen LogP) is 4.50. The lowest BCUT2D eigenvalue weighted by Crippen LogP contribution is -2.50. The number of piperidine rings is 1. The average Bonchev–Trinajstić information content (AvgIpc) is 3.46. The van der Waals surface area contributed by atoms with Crippen LogP contribution in [0.4, 0.5) is 20.6 Å². The van der Waals surface area contributed by atoms with Crippen LogP contribution in [0, 0.1) is 12.7 Å². The summed E-state index contributed by atoms with van der Waals surface area (Å²) in [5.74, 6) is 6.47. The molecule has 2 atom stereocenters. The number of aromatic nitrogens is 1. The number of carbonyl (C=O) groups is 1. The Morgan fingerprint density at radius 3 is 2.30 bits per heavy atom. The number of rotatable bonds is 6. The molecule has 4 heterocycles. The maximum absolute atomic E-state index is 16.8. The molecule has 1 aromatic heterocycles. The van der Waals surface area contributed by atoms with Gasteiger partial charge < -0.3 is 34.4 Å². The number of nitrogen functional groups attached to an aromatic ring is 1. The van der Waals surface area contributed by atoms with Gasteiger partial charge in [0.1, 0.15) is 28.7 Å². The highest BCUT2D eigenvalue weighted by molar-refractivity contribution is 6.63. The van der Waals surface area contributed by atoms with Crippen molar-refractivity contribution in [1.29, 1.82) is 0 Å². The van der Waals surface area contributed by atoms with Crippen molar-refractivity contribution in [2.45, 2.75) is 123 Å². The van der Waals surface area contributed by atoms with Crippen LogP contribution in [0.1, 0.15) is 86.6 Å². The largest absolute Gasteiger partial charge is 0.498 e. The number of ether oxygens (including phenoxy) is 2. The van der Waals surface area contributed by atoms with E-state index in [2.05, 4.69) is 11.9 Å². The van der Waals surface area contributed by atoms with Crippen LogP contribution in [0.2, 0.25) is 0 Å². The predicted molar refractivity (Wildman–Crippen MR) is 180 cm³/mol. The first-order valence-corrected chi connectivity index (χ1v) is 16.5. The molecule has 3 fully saturated rings. The van der Waals surface area contributed by atoms with Gasteiger partial charge >= 0.3 is 13.2 Å². The highest BCUT2D eigenvalue weighted by atomic mass is 19.1. The molecule has 3 aliphatic rings. The summed E-state index contributed by atoms with van der Waals surface area (Å²) in [6.07, 6.45) is 2.62. The van der Waals surface area contributed by atoms with Crippen LogP contribution in [-0.4, -0.2) is 89.7 Å². The third-order valence-electron chi connectivity index (χ3n) is 10.1. The Balaban J connectivity index is 1.54. The Hall–Kier alpha value is -2.87. The molecule has 3 saturated heterocycles. The van der Waals surface area contributed by atoms with E-state index in [0.29, 0.717) is 42.6 Å². The number of hydrogen-bond donors (Lipinski definition) is 2. The third-order valence-corrected chi connectivity index (χ3v) is 10.1. The molecule has 0 saturated carbocycles. The number of hydrazine groups is 1. The number of carbonyl (C=O) groups excluding carboxylic acids is 1. The summed E-state index contributed by atoms with van der Waals surface area (Å²) in [7, 11) is 1.16. The fourth-order valence-electron chi connectivity index (χ4n) is 6.72. The van der Waals surface area contributed by atoms with Crippen LogP contribution in [0.25, 0.3) is 10.9 Å². The molecule has 0 bridgehead atoms. The van der Waals surface area contributed by atoms with Crippen LogP contribution in [0.3, 0.4) is 0 Å². The third kappa shape index (κ3) is 6.48. The second kappa shape index (κ2) is 12.3. The van der Waals surface area contributed by atoms with E-state index in [0.717, 1.165) is 19.4 Å². The standard InChI is InChI=1S/C33H52BFN6O5/c1-19-18-22-27(25(35)24(19)34-45-32(6,7)33(8,9)46-34)38-29(43-20(2)23-12-11-15-39(23)10)26(36)28(22)41(37)21-13-16-40(17-14-21)30(42)44-31(3,4)5/h18,20-21,23H,11-17,36-37H2,1-10H3. The first-order valence-electron chi connectivity index (χ1n) is 16.5. The normalized spacial score (nSPS) is 22.8. The number of hydrogen-bond acceptors (Lipinski definition) is 10. The second-order valence-corrected chi connectivity index (χ2v) is 15.2. The van der Waals surface area contributed by atoms with Crippen molar-refractivity contribution in [1.82, 2.24) is 14.8 Å². The number of benzene rings is 1. The minimum atomic E-state index is -0.918. The minimum absolute atomic E-state index is 0.0862. The number of pyridine rings is 1. The Bertz CT molecular complexity index is 1460. The summed E-state index contributed by atoms with van der Waals surface area (Å²) in [5, 5.41) is 2.08. The molecule has 5 rings (SSSR count). The number of fused-ring (bicyclic) bond motifs is 1. The maximum atomic E-state index is 16.8. The van der Waals surface area contributed by atoms with E-state index in [9.17, 15) is 4.79 Å². The summed E-state index contributed by atoms with van der Waals surface area (Å²) < 4.78 is 41.4. The van der Waals surface area contributed by atoms with Crippen LogP contribution >= 0.6 is 0 Å². The Kier molecular flexibility index (Phi) is 9.22. The number of nitrogens with two attached hydrogens (primary N) is 2. The molecule has 0 spiro atoms. The van der Waals surface area contributed by atoms with Crippen LogP contribution in [0.15, 0.2) is 6.07 Å². The van der Waals surface area contributed by atoms with Gasteiger partial charge in [-0.05, 0) is 113 Å². The molecule has 2 unspecified atom stereocenters. The fourth-order valence-corrected chi connectivity index (χ4v) is 6.72. The number of anilines is 2. The van der Waals surface area contributed by atoms with Gasteiger partial charge in [0.15, 0.2) is 0 Å². The van der Waals surface area contributed by atoms with Gasteiger partial charge in [0.2, 0.25) is 5.88 Å². The van der Waals surface area contributed by atoms with Crippen molar-refractivity contribution in [3.63, 3.8) is 0 Å². The molecule has 0 aliphatic carbocycles. The van der Waals surface area contributed by atoms with Gasteiger partial charge in [-0.25, -0.2) is 20.0 Å². The van der Waals surface area contributed by atoms with Crippen molar-refractivity contribution in [3.8, 4) is 5.88 Å². The zero-order valence-corrected chi connectivity index (χ0v) is 29.2. The van der Waals surface area contributed by atoms with Gasteiger partial charge in [-0.2, -0.15) is 0 Å². The highest BCUT2D eigenvalue weighted by Crippen LogP contribution is 2.42. The van der Waals surface area contributed by atoms with E-state index in [-0.39, 0.29) is 46.8 Å². The number of aryl methyl sites for hydroxylation is 1. The topological polar surface area (TPSA) is 129 Å². The SMILES string of the molecule is Cc1cc2c(N(N)C3CCN(C(=O)OC(C)(C)C)CC3)c(N)c(OC(C)C3CCCN3C)nc2c(F)c1B1OC(C)(C)C(C)(C)O1. The first-order chi connectivity index (χ1) is 21.3. The van der Waals surface area contributed by atoms with E-state index >= 15 is 4.39 Å². The fraction of sp³-hybridized carbons (Fsp3) is 0.697. The summed E-state index contributed by atoms with van der Waals surface area (Å²) in [6, 6.07) is 1.85. The van der Waals surface area contributed by atoms with Gasteiger partial charge in [-0.3, -0.25) is 4.90 Å². The van der Waals surface area contributed by atoms with Crippen LogP contribution < -0.4 is 26.8 Å². The molecule has 254 valence electrons. The lowest BCUT2D eigenvalue weighted by Gasteiger charge is -2.38. The van der Waals surface area contributed by atoms with Gasteiger partial charge in [-0.1, -0.05) is 0 Å². The average molecular weight is 643 g/mol. The molecular weight excluding hydrogens is 590 g/mol. The molecule has 1 aromatic carbocycles. The first kappa shape index (κ1) is 34.5. The molecule has 0 radical (unpaired) electrons. The van der Waals surface area contributed by atoms with E-state index in [1.807, 2.05) is 68.4 Å². The molecular formula is C33H52BFN6O5. The number of likely N-dealkylation sites (N-methyl/N-ethyl adjacent to an activating group) is 1. The van der Waals surface area contributed by atoms with Gasteiger partial charge in [-0.15, -0.1) is 0 Å². The lowest BCUT2D eigenvalue weighted by molar-refractivity contribution is 0.00578. The molecule has 2 aromatic rings. The van der Waals surface area contributed by atoms with Crippen LogP contribution in [-0.2, 0) is 14.0 Å². The maximum Gasteiger partial charge on any atom is 0.498 e. The van der Waals surface area contributed by atoms with Crippen molar-refractivity contribution in [2.24, 2.45) is 5.84 Å². The molecule has 11 nitrogen and oxygen atoms in total. The summed E-state index contributed by atoms with van der Waals surface area (Å²) in [4.78, 5) is 21.4. The quantitative estimate of drug-likeness (QED) is 0.264. The Labute approximate surface area is 273 Å². The van der Waals surface area contributed by atoms with E-state index in [1.165, 1.54) is 0 Å². The monoisotopic (exact) mass is 642 g/mol. The molecule has 1 amide bonds. The number of nitrogens with zero attached hydrogens (tertiary/aromatic N) is 4. The number of likely N-dealkylation sites (tertiary alicyclic amines) is 2. The Morgan fingerprint density at radius 2 is 1.76 bits per heavy atom. The molecule has 46 heavy (non-hydrogen) atoms. The van der Waals surface area contributed by atoms with E-state index in [1.54, 1.807) is 9.91 Å². The van der Waals surface area contributed by atoms with Gasteiger partial charge in [0, 0.05) is 36.0 Å². The minimum Gasteiger partial charge on any atom is -0.471 e. The van der Waals surface area contributed by atoms with Crippen molar-refractivity contribution < 1.29 is 28.0 Å². The zero-order valence-electron chi connectivity index (χ0n) is 29.2. The lowest BCUT2D eigenvalue weighted by atomic mass is 9.75. The van der Waals surface area contributed by atoms with Crippen LogP contribution in [0.5, 0.6) is 5.88 Å². The van der Waals surface area contributed by atoms with E-state index < -0.39 is 29.7 Å². The highest BCUT2D eigenvalue weighted by Gasteiger charge is 2.53. The zero-order chi connectivity index (χ0) is 33.9. The Morgan fingerprint density at radius 1 is 1.15 bits per heavy atom. The number of halogens is 1.